The molecule has 9 heteroatoms. The number of ether oxygens (including phenoxy) is 1. The highest BCUT2D eigenvalue weighted by molar-refractivity contribution is 6.30. The van der Waals surface area contributed by atoms with E-state index in [4.69, 9.17) is 16.3 Å². The zero-order valence-corrected chi connectivity index (χ0v) is 17.5. The largest absolute Gasteiger partial charge is 0.497 e. The van der Waals surface area contributed by atoms with E-state index in [0.29, 0.717) is 29.2 Å². The minimum atomic E-state index is -0.386. The summed E-state index contributed by atoms with van der Waals surface area (Å²) in [6.45, 7) is 0.283. The summed E-state index contributed by atoms with van der Waals surface area (Å²) in [5, 5.41) is 11.9. The molecular weight excluding hydrogens is 418 g/mol. The summed E-state index contributed by atoms with van der Waals surface area (Å²) < 4.78 is 7.71. The van der Waals surface area contributed by atoms with Crippen molar-refractivity contribution in [2.45, 2.75) is 13.0 Å². The lowest BCUT2D eigenvalue weighted by molar-refractivity contribution is -0.121. The van der Waals surface area contributed by atoms with Crippen LogP contribution >= 0.6 is 11.6 Å². The highest BCUT2D eigenvalue weighted by Gasteiger charge is 2.12. The molecule has 2 heterocycles. The normalized spacial score (nSPS) is 10.9. The quantitative estimate of drug-likeness (QED) is 0.480. The van der Waals surface area contributed by atoms with E-state index in [2.05, 4.69) is 15.5 Å². The zero-order valence-electron chi connectivity index (χ0n) is 16.8. The van der Waals surface area contributed by atoms with Crippen molar-refractivity contribution >= 4 is 23.0 Å². The van der Waals surface area contributed by atoms with E-state index in [-0.39, 0.29) is 18.0 Å². The maximum atomic E-state index is 12.8. The molecule has 0 bridgehead atoms. The summed E-state index contributed by atoms with van der Waals surface area (Å²) in [5.74, 6) is 0.446. The molecule has 4 aromatic rings. The average Bonchev–Trinajstić information content (AvgIpc) is 3.22. The lowest BCUT2D eigenvalue weighted by Crippen LogP contribution is -2.35. The molecule has 8 nitrogen and oxygen atoms in total. The van der Waals surface area contributed by atoms with Crippen LogP contribution in [0.2, 0.25) is 5.02 Å². The summed E-state index contributed by atoms with van der Waals surface area (Å²) >= 11 is 5.87. The number of hydrogen-bond donors (Lipinski definition) is 1. The molecule has 0 radical (unpaired) electrons. The molecule has 0 saturated carbocycles. The highest BCUT2D eigenvalue weighted by Crippen LogP contribution is 2.21. The van der Waals surface area contributed by atoms with Crippen molar-refractivity contribution in [1.82, 2.24) is 24.7 Å². The molecule has 0 fully saturated rings. The lowest BCUT2D eigenvalue weighted by Gasteiger charge is -2.07. The number of rotatable bonds is 7. The number of halogens is 1. The average molecular weight is 438 g/mol. The van der Waals surface area contributed by atoms with Gasteiger partial charge in [-0.15, -0.1) is 0 Å². The van der Waals surface area contributed by atoms with E-state index in [1.807, 2.05) is 48.5 Å². The van der Waals surface area contributed by atoms with E-state index in [1.54, 1.807) is 13.2 Å². The maximum absolute atomic E-state index is 12.8. The standard InChI is InChI=1S/C22H20ClN5O3/c1-31-18-8-4-16(5-9-18)19-12-20-22(30)27(25-14-28(20)26-19)13-21(29)24-11-10-15-2-6-17(23)7-3-15/h2-9,12,14H,10-11,13H2,1H3,(H,24,29). The molecular formula is C22H20ClN5O3. The van der Waals surface area contributed by atoms with Crippen LogP contribution in [0, 0.1) is 0 Å². The van der Waals surface area contributed by atoms with Crippen molar-refractivity contribution < 1.29 is 9.53 Å². The summed E-state index contributed by atoms with van der Waals surface area (Å²) in [7, 11) is 1.60. The van der Waals surface area contributed by atoms with Gasteiger partial charge in [-0.1, -0.05) is 23.7 Å². The van der Waals surface area contributed by atoms with Gasteiger partial charge in [0.2, 0.25) is 5.91 Å². The molecule has 1 N–H and O–H groups in total. The Morgan fingerprint density at radius 3 is 2.58 bits per heavy atom. The van der Waals surface area contributed by atoms with Gasteiger partial charge in [0, 0.05) is 17.1 Å². The topological polar surface area (TPSA) is 90.5 Å². The Labute approximate surface area is 183 Å². The summed E-state index contributed by atoms with van der Waals surface area (Å²) in [6.07, 6.45) is 2.09. The molecule has 31 heavy (non-hydrogen) atoms. The van der Waals surface area contributed by atoms with Crippen LogP contribution in [-0.4, -0.2) is 39.0 Å². The van der Waals surface area contributed by atoms with Gasteiger partial charge in [0.25, 0.3) is 5.56 Å². The zero-order chi connectivity index (χ0) is 21.8. The number of fused-ring (bicyclic) bond motifs is 1. The summed E-state index contributed by atoms with van der Waals surface area (Å²) in [6, 6.07) is 16.5. The van der Waals surface area contributed by atoms with Crippen LogP contribution in [-0.2, 0) is 17.8 Å². The van der Waals surface area contributed by atoms with E-state index >= 15 is 0 Å². The Kier molecular flexibility index (Phi) is 5.99. The van der Waals surface area contributed by atoms with Gasteiger partial charge in [-0.2, -0.15) is 10.2 Å². The second-order valence-corrected chi connectivity index (χ2v) is 7.34. The van der Waals surface area contributed by atoms with Crippen molar-refractivity contribution in [3.05, 3.63) is 81.9 Å². The molecule has 0 unspecified atom stereocenters. The SMILES string of the molecule is COc1ccc(-c2cc3c(=O)n(CC(=O)NCCc4ccc(Cl)cc4)ncn3n2)cc1. The van der Waals surface area contributed by atoms with Crippen molar-refractivity contribution in [3.63, 3.8) is 0 Å². The van der Waals surface area contributed by atoms with Crippen LogP contribution in [0.15, 0.2) is 65.7 Å². The number of amides is 1. The number of nitrogens with zero attached hydrogens (tertiary/aromatic N) is 4. The van der Waals surface area contributed by atoms with Crippen molar-refractivity contribution in [2.24, 2.45) is 0 Å². The Balaban J connectivity index is 1.44. The number of methoxy groups -OCH3 is 1. The number of aromatic nitrogens is 4. The van der Waals surface area contributed by atoms with Crippen LogP contribution in [0.25, 0.3) is 16.8 Å². The number of carbonyl (C=O) groups excluding carboxylic acids is 1. The molecule has 158 valence electrons. The van der Waals surface area contributed by atoms with Crippen LogP contribution in [0.5, 0.6) is 5.75 Å². The lowest BCUT2D eigenvalue weighted by atomic mass is 10.1. The molecule has 0 spiro atoms. The fraction of sp³-hybridized carbons (Fsp3) is 0.182. The Hall–Kier alpha value is -3.65. The Morgan fingerprint density at radius 2 is 1.87 bits per heavy atom. The Bertz CT molecular complexity index is 1260. The molecule has 1 amide bonds. The van der Waals surface area contributed by atoms with Gasteiger partial charge < -0.3 is 10.1 Å². The van der Waals surface area contributed by atoms with Crippen molar-refractivity contribution in [1.29, 1.82) is 0 Å². The molecule has 4 rings (SSSR count). The van der Waals surface area contributed by atoms with Crippen LogP contribution in [0.3, 0.4) is 0 Å². The van der Waals surface area contributed by atoms with Gasteiger partial charge in [0.1, 0.15) is 24.1 Å². The Morgan fingerprint density at radius 1 is 1.13 bits per heavy atom. The molecule has 0 aliphatic rings. The van der Waals surface area contributed by atoms with Gasteiger partial charge in [0.05, 0.1) is 12.8 Å². The van der Waals surface area contributed by atoms with Crippen LogP contribution in [0.1, 0.15) is 5.56 Å². The third-order valence-corrected chi connectivity index (χ3v) is 5.07. The smallest absolute Gasteiger partial charge is 0.293 e. The van der Waals surface area contributed by atoms with Gasteiger partial charge in [-0.05, 0) is 54.4 Å². The van der Waals surface area contributed by atoms with Crippen molar-refractivity contribution in [2.75, 3.05) is 13.7 Å². The summed E-state index contributed by atoms with van der Waals surface area (Å²) in [5.41, 5.74) is 2.49. The predicted octanol–water partition coefficient (Wildman–Crippen LogP) is 2.58. The molecule has 0 saturated heterocycles. The molecule has 2 aromatic carbocycles. The van der Waals surface area contributed by atoms with Gasteiger partial charge in [-0.3, -0.25) is 9.59 Å². The molecule has 0 atom stereocenters. The molecule has 0 aliphatic heterocycles. The minimum Gasteiger partial charge on any atom is -0.497 e. The third kappa shape index (κ3) is 4.75. The first-order valence-corrected chi connectivity index (χ1v) is 10.0. The molecule has 2 aromatic heterocycles. The van der Waals surface area contributed by atoms with Crippen molar-refractivity contribution in [3.8, 4) is 17.0 Å². The first-order chi connectivity index (χ1) is 15.0. The van der Waals surface area contributed by atoms with E-state index < -0.39 is 0 Å². The van der Waals surface area contributed by atoms with E-state index in [9.17, 15) is 9.59 Å². The number of hydrogen-bond acceptors (Lipinski definition) is 5. The van der Waals surface area contributed by atoms with E-state index in [1.165, 1.54) is 10.8 Å². The first kappa shape index (κ1) is 20.6. The predicted molar refractivity (Wildman–Crippen MR) is 117 cm³/mol. The maximum Gasteiger partial charge on any atom is 0.293 e. The summed E-state index contributed by atoms with van der Waals surface area (Å²) in [4.78, 5) is 25.0. The number of nitrogens with one attached hydrogen (secondary N) is 1. The second-order valence-electron chi connectivity index (χ2n) is 6.91. The fourth-order valence-electron chi connectivity index (χ4n) is 3.14. The molecule has 0 aliphatic carbocycles. The van der Waals surface area contributed by atoms with Gasteiger partial charge in [-0.25, -0.2) is 9.20 Å². The van der Waals surface area contributed by atoms with Crippen LogP contribution < -0.4 is 15.6 Å². The highest BCUT2D eigenvalue weighted by atomic mass is 35.5. The first-order valence-electron chi connectivity index (χ1n) is 9.64. The van der Waals surface area contributed by atoms with Crippen LogP contribution in [0.4, 0.5) is 0 Å². The fourth-order valence-corrected chi connectivity index (χ4v) is 3.27. The number of carbonyl (C=O) groups is 1. The van der Waals surface area contributed by atoms with Gasteiger partial charge in [0.15, 0.2) is 0 Å². The monoisotopic (exact) mass is 437 g/mol. The third-order valence-electron chi connectivity index (χ3n) is 4.82. The minimum absolute atomic E-state index is 0.168. The second kappa shape index (κ2) is 9.01. The van der Waals surface area contributed by atoms with Gasteiger partial charge >= 0.3 is 0 Å². The van der Waals surface area contributed by atoms with E-state index in [0.717, 1.165) is 21.6 Å². The number of benzene rings is 2.